The predicted molar refractivity (Wildman–Crippen MR) is 73.6 cm³/mol. The Hall–Kier alpha value is -0.930. The molecule has 0 fully saturated rings. The molecule has 0 bridgehead atoms. The SMILES string of the molecule is CCC(N)CCCc1cc2c(cc1Cl)OCCO2. The third-order valence-corrected chi connectivity index (χ3v) is 3.61. The third-order valence-electron chi connectivity index (χ3n) is 3.26. The Bertz CT molecular complexity index is 409. The molecular formula is C14H20ClNO2. The molecule has 0 aromatic heterocycles. The summed E-state index contributed by atoms with van der Waals surface area (Å²) in [7, 11) is 0. The maximum atomic E-state index is 6.24. The molecule has 0 aliphatic carbocycles. The normalized spacial score (nSPS) is 15.5. The van der Waals surface area contributed by atoms with Crippen LogP contribution in [0.1, 0.15) is 31.7 Å². The number of rotatable bonds is 5. The minimum Gasteiger partial charge on any atom is -0.486 e. The first-order valence-electron chi connectivity index (χ1n) is 6.54. The van der Waals surface area contributed by atoms with E-state index in [1.807, 2.05) is 12.1 Å². The van der Waals surface area contributed by atoms with Crippen molar-refractivity contribution in [3.05, 3.63) is 22.7 Å². The molecule has 2 N–H and O–H groups in total. The number of fused-ring (bicyclic) bond motifs is 1. The molecule has 1 atom stereocenters. The summed E-state index contributed by atoms with van der Waals surface area (Å²) in [5.74, 6) is 1.56. The second kappa shape index (κ2) is 6.30. The van der Waals surface area contributed by atoms with Gasteiger partial charge in [0.2, 0.25) is 0 Å². The van der Waals surface area contributed by atoms with Gasteiger partial charge in [0.05, 0.1) is 0 Å². The molecule has 0 spiro atoms. The summed E-state index contributed by atoms with van der Waals surface area (Å²) in [5.41, 5.74) is 7.02. The highest BCUT2D eigenvalue weighted by Gasteiger charge is 2.14. The lowest BCUT2D eigenvalue weighted by Crippen LogP contribution is -2.18. The van der Waals surface area contributed by atoms with Gasteiger partial charge in [0.15, 0.2) is 11.5 Å². The molecule has 1 aromatic carbocycles. The summed E-state index contributed by atoms with van der Waals surface area (Å²) in [4.78, 5) is 0. The molecule has 1 heterocycles. The molecular weight excluding hydrogens is 250 g/mol. The van der Waals surface area contributed by atoms with Crippen LogP contribution >= 0.6 is 11.6 Å². The molecule has 2 rings (SSSR count). The number of aryl methyl sites for hydroxylation is 1. The fourth-order valence-electron chi connectivity index (χ4n) is 2.06. The Morgan fingerprint density at radius 3 is 2.61 bits per heavy atom. The zero-order valence-corrected chi connectivity index (χ0v) is 11.5. The lowest BCUT2D eigenvalue weighted by atomic mass is 10.0. The first kappa shape index (κ1) is 13.5. The van der Waals surface area contributed by atoms with Gasteiger partial charge in [0, 0.05) is 17.1 Å². The van der Waals surface area contributed by atoms with E-state index in [2.05, 4.69) is 6.92 Å². The standard InChI is InChI=1S/C14H20ClNO2/c1-2-11(16)5-3-4-10-8-13-14(9-12(10)15)18-7-6-17-13/h8-9,11H,2-7,16H2,1H3. The van der Waals surface area contributed by atoms with Crippen LogP contribution in [0, 0.1) is 0 Å². The van der Waals surface area contributed by atoms with Gasteiger partial charge in [-0.1, -0.05) is 18.5 Å². The van der Waals surface area contributed by atoms with E-state index < -0.39 is 0 Å². The van der Waals surface area contributed by atoms with Gasteiger partial charge in [0.1, 0.15) is 13.2 Å². The topological polar surface area (TPSA) is 44.5 Å². The lowest BCUT2D eigenvalue weighted by Gasteiger charge is -2.20. The summed E-state index contributed by atoms with van der Waals surface area (Å²) in [6.45, 7) is 3.31. The third kappa shape index (κ3) is 3.30. The van der Waals surface area contributed by atoms with E-state index in [1.165, 1.54) is 0 Å². The predicted octanol–water partition coefficient (Wildman–Crippen LogP) is 3.17. The molecule has 0 radical (unpaired) electrons. The Morgan fingerprint density at radius 1 is 1.28 bits per heavy atom. The number of ether oxygens (including phenoxy) is 2. The molecule has 0 amide bonds. The zero-order valence-electron chi connectivity index (χ0n) is 10.7. The molecule has 0 saturated carbocycles. The van der Waals surface area contributed by atoms with Crippen LogP contribution in [0.3, 0.4) is 0 Å². The van der Waals surface area contributed by atoms with Gasteiger partial charge in [-0.3, -0.25) is 0 Å². The van der Waals surface area contributed by atoms with Crippen molar-refractivity contribution in [3.8, 4) is 11.5 Å². The highest BCUT2D eigenvalue weighted by molar-refractivity contribution is 6.31. The van der Waals surface area contributed by atoms with Crippen LogP contribution in [-0.4, -0.2) is 19.3 Å². The minimum absolute atomic E-state index is 0.293. The van der Waals surface area contributed by atoms with Crippen molar-refractivity contribution >= 4 is 11.6 Å². The maximum Gasteiger partial charge on any atom is 0.162 e. The summed E-state index contributed by atoms with van der Waals surface area (Å²) in [6.07, 6.45) is 4.04. The van der Waals surface area contributed by atoms with Gasteiger partial charge in [-0.2, -0.15) is 0 Å². The van der Waals surface area contributed by atoms with Gasteiger partial charge in [-0.25, -0.2) is 0 Å². The van der Waals surface area contributed by atoms with Gasteiger partial charge >= 0.3 is 0 Å². The van der Waals surface area contributed by atoms with Crippen LogP contribution in [0.2, 0.25) is 5.02 Å². The summed E-state index contributed by atoms with van der Waals surface area (Å²) >= 11 is 6.24. The minimum atomic E-state index is 0.293. The molecule has 3 nitrogen and oxygen atoms in total. The number of halogens is 1. The van der Waals surface area contributed by atoms with Crippen LogP contribution in [0.5, 0.6) is 11.5 Å². The van der Waals surface area contributed by atoms with Crippen molar-refractivity contribution in [1.29, 1.82) is 0 Å². The van der Waals surface area contributed by atoms with Gasteiger partial charge in [-0.15, -0.1) is 0 Å². The molecule has 1 aliphatic heterocycles. The second-order valence-corrected chi connectivity index (χ2v) is 5.06. The second-order valence-electron chi connectivity index (χ2n) is 4.65. The van der Waals surface area contributed by atoms with E-state index in [0.717, 1.165) is 47.8 Å². The number of hydrogen-bond acceptors (Lipinski definition) is 3. The van der Waals surface area contributed by atoms with E-state index in [1.54, 1.807) is 0 Å². The van der Waals surface area contributed by atoms with Crippen molar-refractivity contribution in [2.45, 2.75) is 38.6 Å². The highest BCUT2D eigenvalue weighted by atomic mass is 35.5. The van der Waals surface area contributed by atoms with Crippen molar-refractivity contribution in [2.24, 2.45) is 5.73 Å². The van der Waals surface area contributed by atoms with Gasteiger partial charge in [-0.05, 0) is 37.3 Å². The number of benzene rings is 1. The Morgan fingerprint density at radius 2 is 1.94 bits per heavy atom. The van der Waals surface area contributed by atoms with Crippen molar-refractivity contribution < 1.29 is 9.47 Å². The molecule has 1 aromatic rings. The average Bonchev–Trinajstić information content (AvgIpc) is 2.39. The first-order chi connectivity index (χ1) is 8.70. The van der Waals surface area contributed by atoms with E-state index in [0.29, 0.717) is 19.3 Å². The fraction of sp³-hybridized carbons (Fsp3) is 0.571. The van der Waals surface area contributed by atoms with Crippen LogP contribution < -0.4 is 15.2 Å². The van der Waals surface area contributed by atoms with Crippen molar-refractivity contribution in [1.82, 2.24) is 0 Å². The largest absolute Gasteiger partial charge is 0.486 e. The van der Waals surface area contributed by atoms with Crippen LogP contribution in [0.25, 0.3) is 0 Å². The summed E-state index contributed by atoms with van der Waals surface area (Å²) in [6, 6.07) is 4.14. The smallest absolute Gasteiger partial charge is 0.162 e. The number of nitrogens with two attached hydrogens (primary N) is 1. The Labute approximate surface area is 113 Å². The Balaban J connectivity index is 2.00. The summed E-state index contributed by atoms with van der Waals surface area (Å²) in [5, 5.41) is 0.754. The van der Waals surface area contributed by atoms with E-state index in [4.69, 9.17) is 26.8 Å². The van der Waals surface area contributed by atoms with Crippen molar-refractivity contribution in [3.63, 3.8) is 0 Å². The number of hydrogen-bond donors (Lipinski definition) is 1. The fourth-order valence-corrected chi connectivity index (χ4v) is 2.30. The zero-order chi connectivity index (χ0) is 13.0. The van der Waals surface area contributed by atoms with E-state index in [9.17, 15) is 0 Å². The molecule has 0 saturated heterocycles. The van der Waals surface area contributed by atoms with Crippen molar-refractivity contribution in [2.75, 3.05) is 13.2 Å². The lowest BCUT2D eigenvalue weighted by molar-refractivity contribution is 0.171. The average molecular weight is 270 g/mol. The monoisotopic (exact) mass is 269 g/mol. The highest BCUT2D eigenvalue weighted by Crippen LogP contribution is 2.35. The first-order valence-corrected chi connectivity index (χ1v) is 6.92. The van der Waals surface area contributed by atoms with Gasteiger partial charge in [0.25, 0.3) is 0 Å². The summed E-state index contributed by atoms with van der Waals surface area (Å²) < 4.78 is 11.0. The maximum absolute atomic E-state index is 6.24. The van der Waals surface area contributed by atoms with Crippen LogP contribution in [-0.2, 0) is 6.42 Å². The van der Waals surface area contributed by atoms with Crippen LogP contribution in [0.4, 0.5) is 0 Å². The van der Waals surface area contributed by atoms with Crippen LogP contribution in [0.15, 0.2) is 12.1 Å². The van der Waals surface area contributed by atoms with E-state index >= 15 is 0 Å². The molecule has 100 valence electrons. The molecule has 1 unspecified atom stereocenters. The van der Waals surface area contributed by atoms with E-state index in [-0.39, 0.29) is 0 Å². The molecule has 4 heteroatoms. The molecule has 18 heavy (non-hydrogen) atoms. The molecule has 1 aliphatic rings. The van der Waals surface area contributed by atoms with Gasteiger partial charge < -0.3 is 15.2 Å². The Kier molecular flexibility index (Phi) is 4.72. The quantitative estimate of drug-likeness (QED) is 0.893.